The molecule has 0 aliphatic carbocycles. The standard InChI is InChI=1S/C11H23O/c1-10(12)8-6-5-7-9-11(2,3)4/h10,12H,1,5-9H2,2-4H3. The Kier molecular flexibility index (Phi) is 5.56. The maximum Gasteiger partial charge on any atom is 0.0541 e. The van der Waals surface area contributed by atoms with Crippen molar-refractivity contribution in [2.45, 2.75) is 59.0 Å². The van der Waals surface area contributed by atoms with Crippen LogP contribution in [0.25, 0.3) is 0 Å². The topological polar surface area (TPSA) is 20.2 Å². The van der Waals surface area contributed by atoms with Crippen LogP contribution in [0.2, 0.25) is 0 Å². The van der Waals surface area contributed by atoms with Crippen molar-refractivity contribution in [1.29, 1.82) is 0 Å². The predicted octanol–water partition coefficient (Wildman–Crippen LogP) is 3.18. The van der Waals surface area contributed by atoms with Crippen LogP contribution in [0, 0.1) is 12.3 Å². The first kappa shape index (κ1) is 12.0. The minimum atomic E-state index is -0.361. The Morgan fingerprint density at radius 1 is 1.17 bits per heavy atom. The lowest BCUT2D eigenvalue weighted by Gasteiger charge is -2.17. The molecule has 0 aliphatic rings. The molecule has 0 amide bonds. The third-order valence-electron chi connectivity index (χ3n) is 1.96. The Balaban J connectivity index is 3.12. The molecule has 0 saturated heterocycles. The molecule has 0 aromatic carbocycles. The molecule has 1 radical (unpaired) electrons. The number of rotatable bonds is 5. The van der Waals surface area contributed by atoms with Crippen molar-refractivity contribution in [3.05, 3.63) is 6.92 Å². The molecule has 1 heteroatoms. The summed E-state index contributed by atoms with van der Waals surface area (Å²) in [4.78, 5) is 0. The zero-order valence-corrected chi connectivity index (χ0v) is 8.77. The van der Waals surface area contributed by atoms with Gasteiger partial charge in [-0.3, -0.25) is 0 Å². The van der Waals surface area contributed by atoms with Crippen LogP contribution < -0.4 is 0 Å². The van der Waals surface area contributed by atoms with E-state index in [2.05, 4.69) is 27.7 Å². The van der Waals surface area contributed by atoms with Crippen LogP contribution in [0.4, 0.5) is 0 Å². The van der Waals surface area contributed by atoms with Gasteiger partial charge in [-0.2, -0.15) is 0 Å². The second-order valence-electron chi connectivity index (χ2n) is 4.81. The fourth-order valence-electron chi connectivity index (χ4n) is 1.21. The molecule has 0 aromatic heterocycles. The summed E-state index contributed by atoms with van der Waals surface area (Å²) < 4.78 is 0. The largest absolute Gasteiger partial charge is 0.393 e. The maximum atomic E-state index is 8.90. The Bertz CT molecular complexity index is 100. The molecule has 0 bridgehead atoms. The van der Waals surface area contributed by atoms with E-state index in [1.54, 1.807) is 0 Å². The molecule has 0 spiro atoms. The Labute approximate surface area is 77.2 Å². The minimum Gasteiger partial charge on any atom is -0.393 e. The normalized spacial score (nSPS) is 14.8. The number of aliphatic hydroxyl groups is 1. The Hall–Kier alpha value is -0.0400. The van der Waals surface area contributed by atoms with Gasteiger partial charge in [-0.15, -0.1) is 0 Å². The molecule has 1 unspecified atom stereocenters. The fraction of sp³-hybridized carbons (Fsp3) is 0.909. The smallest absolute Gasteiger partial charge is 0.0541 e. The van der Waals surface area contributed by atoms with Gasteiger partial charge < -0.3 is 5.11 Å². The van der Waals surface area contributed by atoms with Crippen LogP contribution in [0.3, 0.4) is 0 Å². The Morgan fingerprint density at radius 2 is 1.75 bits per heavy atom. The molecule has 0 saturated carbocycles. The van der Waals surface area contributed by atoms with Crippen molar-refractivity contribution in [2.75, 3.05) is 0 Å². The lowest BCUT2D eigenvalue weighted by Crippen LogP contribution is -2.04. The molecule has 0 aliphatic heterocycles. The zero-order chi connectivity index (χ0) is 9.61. The van der Waals surface area contributed by atoms with Crippen molar-refractivity contribution in [1.82, 2.24) is 0 Å². The van der Waals surface area contributed by atoms with Gasteiger partial charge in [0.25, 0.3) is 0 Å². The maximum absolute atomic E-state index is 8.90. The van der Waals surface area contributed by atoms with E-state index in [4.69, 9.17) is 5.11 Å². The SMILES string of the molecule is [CH2]C(O)CCCCCC(C)(C)C. The van der Waals surface area contributed by atoms with Crippen LogP contribution in [0.5, 0.6) is 0 Å². The number of hydrogen-bond donors (Lipinski definition) is 1. The molecule has 1 N–H and O–H groups in total. The molecule has 0 aromatic rings. The van der Waals surface area contributed by atoms with Gasteiger partial charge in [0.05, 0.1) is 6.10 Å². The second kappa shape index (κ2) is 5.58. The van der Waals surface area contributed by atoms with Crippen molar-refractivity contribution < 1.29 is 5.11 Å². The van der Waals surface area contributed by atoms with Gasteiger partial charge in [0.15, 0.2) is 0 Å². The van der Waals surface area contributed by atoms with Gasteiger partial charge >= 0.3 is 0 Å². The first-order valence-corrected chi connectivity index (χ1v) is 4.93. The summed E-state index contributed by atoms with van der Waals surface area (Å²) >= 11 is 0. The van der Waals surface area contributed by atoms with E-state index in [0.29, 0.717) is 5.41 Å². The molecule has 0 fully saturated rings. The summed E-state index contributed by atoms with van der Waals surface area (Å²) in [6.07, 6.45) is 5.38. The van der Waals surface area contributed by atoms with Crippen LogP contribution in [0.1, 0.15) is 52.9 Å². The number of hydrogen-bond acceptors (Lipinski definition) is 1. The summed E-state index contributed by atoms with van der Waals surface area (Å²) in [5.74, 6) is 0. The molecular weight excluding hydrogens is 148 g/mol. The first-order chi connectivity index (χ1) is 5.42. The Morgan fingerprint density at radius 3 is 2.17 bits per heavy atom. The summed E-state index contributed by atoms with van der Waals surface area (Å²) in [6, 6.07) is 0. The van der Waals surface area contributed by atoms with E-state index >= 15 is 0 Å². The molecular formula is C11H23O. The molecule has 0 heterocycles. The van der Waals surface area contributed by atoms with E-state index in [1.165, 1.54) is 19.3 Å². The monoisotopic (exact) mass is 171 g/mol. The van der Waals surface area contributed by atoms with Crippen molar-refractivity contribution in [3.8, 4) is 0 Å². The van der Waals surface area contributed by atoms with E-state index in [-0.39, 0.29) is 6.10 Å². The molecule has 0 rings (SSSR count). The van der Waals surface area contributed by atoms with Crippen molar-refractivity contribution >= 4 is 0 Å². The first-order valence-electron chi connectivity index (χ1n) is 4.93. The number of unbranched alkanes of at least 4 members (excludes halogenated alkanes) is 2. The summed E-state index contributed by atoms with van der Waals surface area (Å²) in [5.41, 5.74) is 0.461. The second-order valence-corrected chi connectivity index (χ2v) is 4.81. The third-order valence-corrected chi connectivity index (χ3v) is 1.96. The van der Waals surface area contributed by atoms with Gasteiger partial charge in [-0.05, 0) is 25.2 Å². The average molecular weight is 171 g/mol. The van der Waals surface area contributed by atoms with Crippen molar-refractivity contribution in [3.63, 3.8) is 0 Å². The van der Waals surface area contributed by atoms with Gasteiger partial charge in [0.2, 0.25) is 0 Å². The lowest BCUT2D eigenvalue weighted by atomic mass is 9.89. The zero-order valence-electron chi connectivity index (χ0n) is 8.77. The highest BCUT2D eigenvalue weighted by atomic mass is 16.3. The highest BCUT2D eigenvalue weighted by Gasteiger charge is 2.08. The van der Waals surface area contributed by atoms with Gasteiger partial charge in [0.1, 0.15) is 0 Å². The van der Waals surface area contributed by atoms with Crippen LogP contribution in [-0.4, -0.2) is 11.2 Å². The summed E-state index contributed by atoms with van der Waals surface area (Å²) in [7, 11) is 0. The fourth-order valence-corrected chi connectivity index (χ4v) is 1.21. The quantitative estimate of drug-likeness (QED) is 0.630. The number of aliphatic hydroxyl groups excluding tert-OH is 1. The highest BCUT2D eigenvalue weighted by molar-refractivity contribution is 4.62. The van der Waals surface area contributed by atoms with E-state index in [9.17, 15) is 0 Å². The molecule has 73 valence electrons. The van der Waals surface area contributed by atoms with E-state index < -0.39 is 0 Å². The molecule has 1 nitrogen and oxygen atoms in total. The minimum absolute atomic E-state index is 0.361. The van der Waals surface area contributed by atoms with Crippen molar-refractivity contribution in [2.24, 2.45) is 5.41 Å². The summed E-state index contributed by atoms with van der Waals surface area (Å²) in [6.45, 7) is 10.3. The predicted molar refractivity (Wildman–Crippen MR) is 53.9 cm³/mol. The van der Waals surface area contributed by atoms with Crippen LogP contribution >= 0.6 is 0 Å². The highest BCUT2D eigenvalue weighted by Crippen LogP contribution is 2.22. The average Bonchev–Trinajstić information content (AvgIpc) is 1.83. The van der Waals surface area contributed by atoms with Crippen LogP contribution in [0.15, 0.2) is 0 Å². The van der Waals surface area contributed by atoms with Gasteiger partial charge in [-0.25, -0.2) is 0 Å². The molecule has 1 atom stereocenters. The van der Waals surface area contributed by atoms with Crippen LogP contribution in [-0.2, 0) is 0 Å². The summed E-state index contributed by atoms with van der Waals surface area (Å²) in [5, 5.41) is 8.90. The van der Waals surface area contributed by atoms with Gasteiger partial charge in [0, 0.05) is 0 Å². The third kappa shape index (κ3) is 9.96. The lowest BCUT2D eigenvalue weighted by molar-refractivity contribution is 0.204. The van der Waals surface area contributed by atoms with E-state index in [1.807, 2.05) is 0 Å². The molecule has 12 heavy (non-hydrogen) atoms. The van der Waals surface area contributed by atoms with E-state index in [0.717, 1.165) is 12.8 Å². The van der Waals surface area contributed by atoms with Gasteiger partial charge in [-0.1, -0.05) is 40.0 Å².